The Kier molecular flexibility index (Phi) is 5.27. The number of carbonyl (C=O) groups is 1. The summed E-state index contributed by atoms with van der Waals surface area (Å²) < 4.78 is 6.33. The van der Waals surface area contributed by atoms with Crippen LogP contribution in [0.15, 0.2) is 22.7 Å². The van der Waals surface area contributed by atoms with Crippen molar-refractivity contribution in [2.45, 2.75) is 32.7 Å². The van der Waals surface area contributed by atoms with Crippen LogP contribution in [0.5, 0.6) is 5.75 Å². The molecule has 116 valence electrons. The van der Waals surface area contributed by atoms with Crippen molar-refractivity contribution in [1.82, 2.24) is 4.90 Å². The van der Waals surface area contributed by atoms with Crippen LogP contribution in [0.2, 0.25) is 0 Å². The molecule has 5 heteroatoms. The Morgan fingerprint density at radius 1 is 1.43 bits per heavy atom. The van der Waals surface area contributed by atoms with Crippen LogP contribution in [0.4, 0.5) is 0 Å². The van der Waals surface area contributed by atoms with Gasteiger partial charge in [-0.25, -0.2) is 0 Å². The number of benzene rings is 1. The van der Waals surface area contributed by atoms with Crippen molar-refractivity contribution in [1.29, 1.82) is 0 Å². The third-order valence-corrected chi connectivity index (χ3v) is 5.36. The van der Waals surface area contributed by atoms with Crippen molar-refractivity contribution < 1.29 is 14.6 Å². The lowest BCUT2D eigenvalue weighted by atomic mass is 9.76. The van der Waals surface area contributed by atoms with E-state index in [1.54, 1.807) is 7.11 Å². The van der Waals surface area contributed by atoms with Gasteiger partial charge in [0.1, 0.15) is 5.75 Å². The van der Waals surface area contributed by atoms with E-state index in [9.17, 15) is 9.90 Å². The van der Waals surface area contributed by atoms with E-state index in [1.807, 2.05) is 25.1 Å². The van der Waals surface area contributed by atoms with Gasteiger partial charge in [-0.15, -0.1) is 0 Å². The van der Waals surface area contributed by atoms with Gasteiger partial charge < -0.3 is 9.84 Å². The van der Waals surface area contributed by atoms with Crippen LogP contribution < -0.4 is 4.74 Å². The molecule has 21 heavy (non-hydrogen) atoms. The number of aliphatic carboxylic acids is 1. The predicted molar refractivity (Wildman–Crippen MR) is 85.6 cm³/mol. The van der Waals surface area contributed by atoms with Crippen LogP contribution in [0, 0.1) is 5.41 Å². The molecule has 0 amide bonds. The maximum Gasteiger partial charge on any atom is 0.309 e. The predicted octanol–water partition coefficient (Wildman–Crippen LogP) is 3.53. The fourth-order valence-electron chi connectivity index (χ4n) is 2.90. The summed E-state index contributed by atoms with van der Waals surface area (Å²) in [6.45, 7) is 4.44. The zero-order valence-corrected chi connectivity index (χ0v) is 14.1. The highest BCUT2D eigenvalue weighted by molar-refractivity contribution is 9.10. The van der Waals surface area contributed by atoms with Gasteiger partial charge in [-0.05, 0) is 56.1 Å². The SMILES string of the molecule is CCC1(C(=O)O)CCN(Cc2cc(OC)ccc2Br)CC1. The Bertz CT molecular complexity index is 510. The third kappa shape index (κ3) is 3.58. The first-order valence-corrected chi connectivity index (χ1v) is 8.08. The minimum atomic E-state index is -0.646. The summed E-state index contributed by atoms with van der Waals surface area (Å²) in [4.78, 5) is 13.8. The number of likely N-dealkylation sites (tertiary alicyclic amines) is 1. The fourth-order valence-corrected chi connectivity index (χ4v) is 3.27. The highest BCUT2D eigenvalue weighted by Crippen LogP contribution is 2.36. The first-order valence-electron chi connectivity index (χ1n) is 7.29. The van der Waals surface area contributed by atoms with Crippen LogP contribution in [0.1, 0.15) is 31.7 Å². The van der Waals surface area contributed by atoms with Crippen molar-refractivity contribution in [2.75, 3.05) is 20.2 Å². The topological polar surface area (TPSA) is 49.8 Å². The second kappa shape index (κ2) is 6.79. The second-order valence-corrected chi connectivity index (χ2v) is 6.53. The Hall–Kier alpha value is -1.07. The maximum atomic E-state index is 11.5. The molecular formula is C16H22BrNO3. The molecule has 0 saturated carbocycles. The van der Waals surface area contributed by atoms with Gasteiger partial charge in [-0.1, -0.05) is 22.9 Å². The minimum Gasteiger partial charge on any atom is -0.497 e. The number of ether oxygens (including phenoxy) is 1. The molecule has 0 bridgehead atoms. The number of hydrogen-bond donors (Lipinski definition) is 1. The minimum absolute atomic E-state index is 0.526. The van der Waals surface area contributed by atoms with Gasteiger partial charge in [0.15, 0.2) is 0 Å². The van der Waals surface area contributed by atoms with Crippen molar-refractivity contribution in [3.05, 3.63) is 28.2 Å². The van der Waals surface area contributed by atoms with Gasteiger partial charge in [0.25, 0.3) is 0 Å². The standard InChI is InChI=1S/C16H22BrNO3/c1-3-16(15(19)20)6-8-18(9-7-16)11-12-10-13(21-2)4-5-14(12)17/h4-5,10H,3,6-9,11H2,1-2H3,(H,19,20). The molecule has 1 aromatic rings. The average molecular weight is 356 g/mol. The van der Waals surface area contributed by atoms with E-state index in [-0.39, 0.29) is 0 Å². The first kappa shape index (κ1) is 16.3. The maximum absolute atomic E-state index is 11.5. The Labute approximate surface area is 134 Å². The Morgan fingerprint density at radius 3 is 2.62 bits per heavy atom. The van der Waals surface area contributed by atoms with Crippen LogP contribution in [0.3, 0.4) is 0 Å². The molecule has 0 spiro atoms. The molecule has 0 unspecified atom stereocenters. The lowest BCUT2D eigenvalue weighted by Gasteiger charge is -2.38. The molecule has 1 fully saturated rings. The molecular weight excluding hydrogens is 334 g/mol. The van der Waals surface area contributed by atoms with E-state index in [1.165, 1.54) is 5.56 Å². The van der Waals surface area contributed by atoms with E-state index in [0.717, 1.165) is 42.7 Å². The molecule has 4 nitrogen and oxygen atoms in total. The zero-order chi connectivity index (χ0) is 15.5. The second-order valence-electron chi connectivity index (χ2n) is 5.67. The van der Waals surface area contributed by atoms with Crippen molar-refractivity contribution in [3.8, 4) is 5.75 Å². The summed E-state index contributed by atoms with van der Waals surface area (Å²) in [5.41, 5.74) is 0.649. The third-order valence-electron chi connectivity index (χ3n) is 4.59. The summed E-state index contributed by atoms with van der Waals surface area (Å²) >= 11 is 3.57. The first-order chi connectivity index (χ1) is 10.0. The quantitative estimate of drug-likeness (QED) is 0.877. The highest BCUT2D eigenvalue weighted by atomic mass is 79.9. The lowest BCUT2D eigenvalue weighted by molar-refractivity contribution is -0.152. The van der Waals surface area contributed by atoms with Gasteiger partial charge in [-0.2, -0.15) is 0 Å². The molecule has 1 aliphatic heterocycles. The van der Waals surface area contributed by atoms with E-state index < -0.39 is 11.4 Å². The molecule has 0 aromatic heterocycles. The molecule has 1 heterocycles. The summed E-state index contributed by atoms with van der Waals surface area (Å²) in [5, 5.41) is 9.43. The number of hydrogen-bond acceptors (Lipinski definition) is 3. The summed E-state index contributed by atoms with van der Waals surface area (Å²) in [5.74, 6) is 0.200. The van der Waals surface area contributed by atoms with Crippen LogP contribution in [0.25, 0.3) is 0 Å². The number of nitrogens with zero attached hydrogens (tertiary/aromatic N) is 1. The van der Waals surface area contributed by atoms with Crippen molar-refractivity contribution in [2.24, 2.45) is 5.41 Å². The van der Waals surface area contributed by atoms with Crippen molar-refractivity contribution >= 4 is 21.9 Å². The average Bonchev–Trinajstić information content (AvgIpc) is 2.50. The molecule has 1 aliphatic rings. The number of methoxy groups -OCH3 is 1. The summed E-state index contributed by atoms with van der Waals surface area (Å²) in [7, 11) is 1.66. The molecule has 0 atom stereocenters. The fraction of sp³-hybridized carbons (Fsp3) is 0.562. The van der Waals surface area contributed by atoms with Gasteiger partial charge in [0, 0.05) is 11.0 Å². The number of rotatable bonds is 5. The van der Waals surface area contributed by atoms with Crippen LogP contribution in [-0.4, -0.2) is 36.2 Å². The van der Waals surface area contributed by atoms with E-state index in [0.29, 0.717) is 6.42 Å². The van der Waals surface area contributed by atoms with E-state index in [4.69, 9.17) is 4.74 Å². The smallest absolute Gasteiger partial charge is 0.309 e. The summed E-state index contributed by atoms with van der Waals surface area (Å²) in [6.07, 6.45) is 2.15. The monoisotopic (exact) mass is 355 g/mol. The van der Waals surface area contributed by atoms with Crippen LogP contribution in [-0.2, 0) is 11.3 Å². The number of carboxylic acids is 1. The lowest BCUT2D eigenvalue weighted by Crippen LogP contribution is -2.43. The zero-order valence-electron chi connectivity index (χ0n) is 12.6. The normalized spacial score (nSPS) is 18.4. The van der Waals surface area contributed by atoms with Crippen molar-refractivity contribution in [3.63, 3.8) is 0 Å². The Balaban J connectivity index is 2.02. The Morgan fingerprint density at radius 2 is 2.10 bits per heavy atom. The number of carboxylic acid groups (broad SMARTS) is 1. The molecule has 1 N–H and O–H groups in total. The van der Waals surface area contributed by atoms with Crippen LogP contribution >= 0.6 is 15.9 Å². The van der Waals surface area contributed by atoms with Gasteiger partial charge in [0.05, 0.1) is 12.5 Å². The van der Waals surface area contributed by atoms with Gasteiger partial charge in [-0.3, -0.25) is 9.69 Å². The molecule has 0 aliphatic carbocycles. The van der Waals surface area contributed by atoms with E-state index in [2.05, 4.69) is 20.8 Å². The molecule has 2 rings (SSSR count). The molecule has 1 saturated heterocycles. The van der Waals surface area contributed by atoms with E-state index >= 15 is 0 Å². The molecule has 1 aromatic carbocycles. The number of halogens is 1. The van der Waals surface area contributed by atoms with Gasteiger partial charge >= 0.3 is 5.97 Å². The van der Waals surface area contributed by atoms with Gasteiger partial charge in [0.2, 0.25) is 0 Å². The molecule has 0 radical (unpaired) electrons. The number of piperidine rings is 1. The highest BCUT2D eigenvalue weighted by Gasteiger charge is 2.39. The largest absolute Gasteiger partial charge is 0.497 e. The summed E-state index contributed by atoms with van der Waals surface area (Å²) in [6, 6.07) is 5.95.